The van der Waals surface area contributed by atoms with Gasteiger partial charge in [0.05, 0.1) is 69.6 Å². The van der Waals surface area contributed by atoms with E-state index in [1.54, 1.807) is 0 Å². The van der Waals surface area contributed by atoms with E-state index < -0.39 is 0 Å². The maximum atomic E-state index is 2.76. The van der Waals surface area contributed by atoms with Crippen LogP contribution in [0.5, 0.6) is 0 Å². The molecule has 18 heteroatoms. The van der Waals surface area contributed by atoms with Crippen molar-refractivity contribution in [3.05, 3.63) is 0 Å². The molecule has 18 heavy (non-hydrogen) atoms. The maximum absolute atomic E-state index is 2.76. The van der Waals surface area contributed by atoms with Gasteiger partial charge in [-0.25, -0.2) is 0 Å². The molecule has 0 rings (SSSR count). The van der Waals surface area contributed by atoms with Crippen molar-refractivity contribution in [2.75, 3.05) is 0 Å². The molecule has 0 aliphatic heterocycles. The molecule has 0 aliphatic carbocycles. The van der Waals surface area contributed by atoms with E-state index in [2.05, 4.69) is 92.0 Å². The standard InChI is InChI=1S/B17H18I/c1-10(2)14(9)16(13(7)8)17(18)15(11(3)4)12(5)6/h1-9H2. The second-order valence-electron chi connectivity index (χ2n) is 7.43. The lowest BCUT2D eigenvalue weighted by atomic mass is 8.49. The van der Waals surface area contributed by atoms with E-state index in [4.69, 9.17) is 0 Å². The Morgan fingerprint density at radius 3 is 1.06 bits per heavy atom. The lowest BCUT2D eigenvalue weighted by Gasteiger charge is -2.34. The van der Waals surface area contributed by atoms with Crippen LogP contribution in [0, 0.1) is 0 Å². The van der Waals surface area contributed by atoms with Crippen molar-refractivity contribution < 1.29 is 0 Å². The van der Waals surface area contributed by atoms with Crippen molar-refractivity contribution in [2.45, 2.75) is 0 Å². The largest absolute Gasteiger partial charge is 0.173 e. The zero-order valence-electron chi connectivity index (χ0n) is 14.0. The number of rotatable bonds is 7. The molecule has 0 unspecified atom stereocenters. The van der Waals surface area contributed by atoms with Crippen molar-refractivity contribution in [3.63, 3.8) is 0 Å². The van der Waals surface area contributed by atoms with Gasteiger partial charge in [0.15, 0.2) is 0 Å². The fraction of sp³-hybridized carbons (Fsp3) is 0. The summed E-state index contributed by atoms with van der Waals surface area (Å²) in [4.78, 5) is 0. The minimum atomic E-state index is 0.782. The Balaban J connectivity index is 5.11. The van der Waals surface area contributed by atoms with Gasteiger partial charge in [-0.3, -0.25) is 0 Å². The Kier molecular flexibility index (Phi) is 9.89. The molecule has 0 spiro atoms. The molecule has 0 saturated heterocycles. The Hall–Kier alpha value is 1.83. The SMILES string of the molecule is BB(B)B(B)B(B(B)B)B(I)B(B(B)B)B(B)B. The summed E-state index contributed by atoms with van der Waals surface area (Å²) in [6.07, 6.45) is 5.62. The minimum absolute atomic E-state index is 0.782. The van der Waals surface area contributed by atoms with Gasteiger partial charge in [-0.1, -0.05) is 0 Å². The predicted octanol–water partition coefficient (Wildman–Crippen LogP) is -10.4. The van der Waals surface area contributed by atoms with Crippen LogP contribution in [-0.4, -0.2) is 119 Å². The van der Waals surface area contributed by atoms with E-state index >= 15 is 0 Å². The molecule has 0 nitrogen and oxygen atoms in total. The average molecular weight is 329 g/mol. The predicted molar refractivity (Wildman–Crippen MR) is 137 cm³/mol. The maximum Gasteiger partial charge on any atom is 0.120 e. The van der Waals surface area contributed by atoms with Gasteiger partial charge in [-0.05, 0) is 0 Å². The minimum Gasteiger partial charge on any atom is -0.173 e. The van der Waals surface area contributed by atoms with Crippen molar-refractivity contribution >= 4 is 141 Å². The number of hydrogen-bond acceptors (Lipinski definition) is 0. The average Bonchev–Trinajstić information content (AvgIpc) is 2.15. The van der Waals surface area contributed by atoms with Gasteiger partial charge in [0, 0.05) is 44.7 Å². The quantitative estimate of drug-likeness (QED) is 0.322. The molecular formula is H18B17I. The first-order chi connectivity index (χ1) is 8.11. The number of halogens is 1. The molecule has 0 aliphatic rings. The zero-order chi connectivity index (χ0) is 14.6. The van der Waals surface area contributed by atoms with E-state index in [-0.39, 0.29) is 0 Å². The first kappa shape index (κ1) is 19.8. The molecule has 0 atom stereocenters. The van der Waals surface area contributed by atoms with E-state index in [0.29, 0.717) is 0 Å². The normalized spacial score (nSPS) is 9.17. The fourth-order valence-electron chi connectivity index (χ4n) is 3.47. The third kappa shape index (κ3) is 5.68. The highest BCUT2D eigenvalue weighted by Gasteiger charge is 2.43. The molecule has 0 saturated carbocycles. The van der Waals surface area contributed by atoms with Gasteiger partial charge in [-0.15, -0.1) is 0 Å². The van der Waals surface area contributed by atoms with Gasteiger partial charge < -0.3 is 0 Å². The van der Waals surface area contributed by atoms with Crippen LogP contribution in [0.3, 0.4) is 0 Å². The van der Waals surface area contributed by atoms with Crippen LogP contribution in [0.15, 0.2) is 0 Å². The summed E-state index contributed by atoms with van der Waals surface area (Å²) in [5.41, 5.74) is 0. The summed E-state index contributed by atoms with van der Waals surface area (Å²) in [5.74, 6) is 0. The molecule has 0 heterocycles. The van der Waals surface area contributed by atoms with Gasteiger partial charge in [0.25, 0.3) is 0 Å². The Morgan fingerprint density at radius 1 is 0.500 bits per heavy atom. The van der Waals surface area contributed by atoms with Crippen LogP contribution in [0.2, 0.25) is 0 Å². The van der Waals surface area contributed by atoms with Crippen LogP contribution < -0.4 is 0 Å². The summed E-state index contributed by atoms with van der Waals surface area (Å²) in [7, 11) is 21.6. The van der Waals surface area contributed by atoms with Gasteiger partial charge in [-0.2, -0.15) is 22.4 Å². The highest BCUT2D eigenvalue weighted by Crippen LogP contribution is 2.10. The van der Waals surface area contributed by atoms with Crippen molar-refractivity contribution in [1.82, 2.24) is 0 Å². The third-order valence-electron chi connectivity index (χ3n) is 4.70. The Labute approximate surface area is 140 Å². The van der Waals surface area contributed by atoms with Crippen molar-refractivity contribution in [1.29, 1.82) is 0 Å². The summed E-state index contributed by atoms with van der Waals surface area (Å²) < 4.78 is 0.792. The molecule has 0 bridgehead atoms. The number of hydrogen-bond donors (Lipinski definition) is 0. The van der Waals surface area contributed by atoms with Gasteiger partial charge in [0.1, 0.15) is 4.35 Å². The van der Waals surface area contributed by atoms with Crippen LogP contribution >= 0.6 is 22.4 Å². The molecule has 0 aromatic rings. The molecule has 0 radical (unpaired) electrons. The van der Waals surface area contributed by atoms with Crippen LogP contribution in [0.25, 0.3) is 0 Å². The highest BCUT2D eigenvalue weighted by molar-refractivity contribution is 14.1. The molecule has 0 aromatic carbocycles. The lowest BCUT2D eigenvalue weighted by molar-refractivity contribution is 3.43. The fourth-order valence-corrected chi connectivity index (χ4v) is 6.62. The molecule has 0 aromatic heterocycles. The second-order valence-corrected chi connectivity index (χ2v) is 8.87. The van der Waals surface area contributed by atoms with E-state index in [0.717, 1.165) is 49.0 Å². The third-order valence-corrected chi connectivity index (χ3v) is 6.36. The lowest BCUT2D eigenvalue weighted by Crippen LogP contribution is -2.74. The van der Waals surface area contributed by atoms with E-state index in [1.807, 2.05) is 0 Å². The van der Waals surface area contributed by atoms with Gasteiger partial charge >= 0.3 is 0 Å². The highest BCUT2D eigenvalue weighted by atomic mass is 127. The van der Waals surface area contributed by atoms with E-state index in [1.165, 1.54) is 0 Å². The van der Waals surface area contributed by atoms with Crippen LogP contribution in [0.4, 0.5) is 0 Å². The molecule has 76 valence electrons. The van der Waals surface area contributed by atoms with E-state index in [9.17, 15) is 0 Å². The summed E-state index contributed by atoms with van der Waals surface area (Å²) in [6.45, 7) is 0. The summed E-state index contributed by atoms with van der Waals surface area (Å²) in [5, 5.41) is 0. The Bertz CT molecular complexity index is 210. The monoisotopic (exact) mass is 332 g/mol. The first-order valence-electron chi connectivity index (χ1n) is 7.75. The topological polar surface area (TPSA) is 0 Å². The molecule has 0 fully saturated rings. The summed E-state index contributed by atoms with van der Waals surface area (Å²) in [6, 6.07) is 0. The molecular weight excluding hydrogens is 311 g/mol. The Morgan fingerprint density at radius 2 is 0.833 bits per heavy atom. The van der Waals surface area contributed by atoms with Crippen LogP contribution in [-0.2, 0) is 0 Å². The van der Waals surface area contributed by atoms with Crippen LogP contribution in [0.1, 0.15) is 0 Å². The second kappa shape index (κ2) is 8.98. The van der Waals surface area contributed by atoms with Crippen molar-refractivity contribution in [2.24, 2.45) is 0 Å². The zero-order valence-corrected chi connectivity index (χ0v) is 16.2. The van der Waals surface area contributed by atoms with Crippen molar-refractivity contribution in [3.8, 4) is 0 Å². The van der Waals surface area contributed by atoms with Gasteiger partial charge in [0.2, 0.25) is 0 Å². The summed E-state index contributed by atoms with van der Waals surface area (Å²) >= 11 is 2.76. The smallest absolute Gasteiger partial charge is 0.120 e. The molecule has 0 amide bonds. The first-order valence-corrected chi connectivity index (χ1v) is 8.99. The molecule has 0 N–H and O–H groups in total.